The molecule has 0 spiro atoms. The van der Waals surface area contributed by atoms with Crippen LogP contribution in [0.25, 0.3) is 0 Å². The minimum atomic E-state index is 0.0788. The van der Waals surface area contributed by atoms with Gasteiger partial charge in [-0.3, -0.25) is 9.78 Å². The summed E-state index contributed by atoms with van der Waals surface area (Å²) in [6.07, 6.45) is 2.25. The summed E-state index contributed by atoms with van der Waals surface area (Å²) < 4.78 is 0. The van der Waals surface area contributed by atoms with Crippen LogP contribution in [0.3, 0.4) is 0 Å². The molecule has 1 rings (SSSR count). The smallest absolute Gasteiger partial charge is 0.168 e. The Morgan fingerprint density at radius 2 is 2.42 bits per heavy atom. The second-order valence-electron chi connectivity index (χ2n) is 2.24. The summed E-state index contributed by atoms with van der Waals surface area (Å²) in [7, 11) is 0. The van der Waals surface area contributed by atoms with Crippen molar-refractivity contribution in [1.82, 2.24) is 4.98 Å². The molecule has 2 N–H and O–H groups in total. The molecule has 0 unspecified atom stereocenters. The van der Waals surface area contributed by atoms with Crippen molar-refractivity contribution >= 4 is 12.0 Å². The van der Waals surface area contributed by atoms with Crippen LogP contribution in [0.15, 0.2) is 18.3 Å². The Morgan fingerprint density at radius 3 is 2.92 bits per heavy atom. The second-order valence-corrected chi connectivity index (χ2v) is 2.24. The number of aliphatic hydroxyl groups is 1. The third-order valence-electron chi connectivity index (χ3n) is 1.35. The van der Waals surface area contributed by atoms with E-state index >= 15 is 0 Å². The highest BCUT2D eigenvalue weighted by Crippen LogP contribution is 2.03. The third kappa shape index (κ3) is 2.32. The molecule has 1 heterocycles. The van der Waals surface area contributed by atoms with E-state index in [0.717, 1.165) is 5.69 Å². The number of hydrogen-bond acceptors (Lipinski definition) is 4. The zero-order valence-electron chi connectivity index (χ0n) is 6.53. The van der Waals surface area contributed by atoms with Crippen LogP contribution < -0.4 is 5.32 Å². The van der Waals surface area contributed by atoms with Crippen LogP contribution in [0.1, 0.15) is 10.5 Å². The summed E-state index contributed by atoms with van der Waals surface area (Å²) in [4.78, 5) is 14.0. The quantitative estimate of drug-likeness (QED) is 0.631. The van der Waals surface area contributed by atoms with Crippen LogP contribution in [-0.2, 0) is 0 Å². The van der Waals surface area contributed by atoms with Crippen molar-refractivity contribution in [3.63, 3.8) is 0 Å². The first-order valence-corrected chi connectivity index (χ1v) is 3.63. The Kier molecular flexibility index (Phi) is 3.22. The molecular formula is C8H10N2O2. The molecule has 0 saturated carbocycles. The van der Waals surface area contributed by atoms with Crippen LogP contribution in [0, 0.1) is 0 Å². The van der Waals surface area contributed by atoms with Crippen molar-refractivity contribution in [2.24, 2.45) is 0 Å². The van der Waals surface area contributed by atoms with Gasteiger partial charge in [-0.1, -0.05) is 0 Å². The molecule has 0 aromatic carbocycles. The van der Waals surface area contributed by atoms with Gasteiger partial charge in [-0.15, -0.1) is 0 Å². The largest absolute Gasteiger partial charge is 0.395 e. The Morgan fingerprint density at radius 1 is 1.58 bits per heavy atom. The van der Waals surface area contributed by atoms with E-state index in [1.807, 2.05) is 0 Å². The number of nitrogens with zero attached hydrogens (tertiary/aromatic N) is 1. The average molecular weight is 166 g/mol. The SMILES string of the molecule is O=Cc1ccc(NCCO)cn1. The molecule has 0 fully saturated rings. The molecule has 1 aromatic heterocycles. The van der Waals surface area contributed by atoms with Gasteiger partial charge in [0.05, 0.1) is 18.5 Å². The van der Waals surface area contributed by atoms with E-state index in [1.54, 1.807) is 18.3 Å². The predicted octanol–water partition coefficient (Wildman–Crippen LogP) is 0.298. The van der Waals surface area contributed by atoms with Crippen LogP contribution in [0.2, 0.25) is 0 Å². The Bertz CT molecular complexity index is 246. The predicted molar refractivity (Wildman–Crippen MR) is 45.2 cm³/mol. The number of carbonyl (C=O) groups excluding carboxylic acids is 1. The van der Waals surface area contributed by atoms with E-state index in [9.17, 15) is 4.79 Å². The summed E-state index contributed by atoms with van der Waals surface area (Å²) in [6, 6.07) is 3.36. The van der Waals surface area contributed by atoms with Crippen LogP contribution in [0.4, 0.5) is 5.69 Å². The van der Waals surface area contributed by atoms with E-state index in [1.165, 1.54) is 0 Å². The first-order valence-electron chi connectivity index (χ1n) is 3.63. The fourth-order valence-electron chi connectivity index (χ4n) is 0.780. The van der Waals surface area contributed by atoms with Gasteiger partial charge in [-0.25, -0.2) is 0 Å². The van der Waals surface area contributed by atoms with Gasteiger partial charge in [0.25, 0.3) is 0 Å². The second kappa shape index (κ2) is 4.46. The molecule has 0 aliphatic carbocycles. The Labute approximate surface area is 70.3 Å². The van der Waals surface area contributed by atoms with Gasteiger partial charge in [-0.05, 0) is 12.1 Å². The van der Waals surface area contributed by atoms with Gasteiger partial charge in [-0.2, -0.15) is 0 Å². The molecular weight excluding hydrogens is 156 g/mol. The Hall–Kier alpha value is -1.42. The average Bonchev–Trinajstić information content (AvgIpc) is 2.15. The molecule has 0 radical (unpaired) electrons. The molecule has 4 heteroatoms. The van der Waals surface area contributed by atoms with Crippen LogP contribution in [-0.4, -0.2) is 29.5 Å². The lowest BCUT2D eigenvalue weighted by Crippen LogP contribution is -2.05. The molecule has 4 nitrogen and oxygen atoms in total. The number of anilines is 1. The summed E-state index contributed by atoms with van der Waals surface area (Å²) in [5.41, 5.74) is 1.21. The lowest BCUT2D eigenvalue weighted by Gasteiger charge is -2.02. The number of nitrogens with one attached hydrogen (secondary N) is 1. The lowest BCUT2D eigenvalue weighted by atomic mass is 10.3. The van der Waals surface area contributed by atoms with Crippen molar-refractivity contribution in [3.8, 4) is 0 Å². The van der Waals surface area contributed by atoms with Gasteiger partial charge in [0.2, 0.25) is 0 Å². The molecule has 0 saturated heterocycles. The number of aldehydes is 1. The highest BCUT2D eigenvalue weighted by Gasteiger charge is 1.92. The number of carbonyl (C=O) groups is 1. The van der Waals surface area contributed by atoms with E-state index in [-0.39, 0.29) is 6.61 Å². The maximum Gasteiger partial charge on any atom is 0.168 e. The number of rotatable bonds is 4. The standard InChI is InChI=1S/C8H10N2O2/c11-4-3-9-7-1-2-8(6-12)10-5-7/h1-2,5-6,9,11H,3-4H2. The third-order valence-corrected chi connectivity index (χ3v) is 1.35. The lowest BCUT2D eigenvalue weighted by molar-refractivity contribution is 0.111. The maximum atomic E-state index is 10.2. The molecule has 0 atom stereocenters. The molecule has 0 aliphatic rings. The monoisotopic (exact) mass is 166 g/mol. The molecule has 12 heavy (non-hydrogen) atoms. The van der Waals surface area contributed by atoms with E-state index in [2.05, 4.69) is 10.3 Å². The highest BCUT2D eigenvalue weighted by molar-refractivity contribution is 5.72. The summed E-state index contributed by atoms with van der Waals surface area (Å²) >= 11 is 0. The maximum absolute atomic E-state index is 10.2. The zero-order valence-corrected chi connectivity index (χ0v) is 6.53. The summed E-state index contributed by atoms with van der Waals surface area (Å²) in [6.45, 7) is 0.567. The zero-order chi connectivity index (χ0) is 8.81. The summed E-state index contributed by atoms with van der Waals surface area (Å²) in [5, 5.41) is 11.4. The normalized spacial score (nSPS) is 9.42. The van der Waals surface area contributed by atoms with Gasteiger partial charge in [0.1, 0.15) is 5.69 Å². The first kappa shape index (κ1) is 8.67. The minimum Gasteiger partial charge on any atom is -0.395 e. The minimum absolute atomic E-state index is 0.0788. The van der Waals surface area contributed by atoms with E-state index < -0.39 is 0 Å². The first-order chi connectivity index (χ1) is 5.86. The fourth-order valence-corrected chi connectivity index (χ4v) is 0.780. The molecule has 1 aromatic rings. The van der Waals surface area contributed by atoms with Crippen molar-refractivity contribution in [2.75, 3.05) is 18.5 Å². The van der Waals surface area contributed by atoms with E-state index in [4.69, 9.17) is 5.11 Å². The van der Waals surface area contributed by atoms with Gasteiger partial charge < -0.3 is 10.4 Å². The van der Waals surface area contributed by atoms with Gasteiger partial charge in [0, 0.05) is 6.54 Å². The van der Waals surface area contributed by atoms with Crippen molar-refractivity contribution in [2.45, 2.75) is 0 Å². The van der Waals surface area contributed by atoms with Crippen LogP contribution in [0.5, 0.6) is 0 Å². The number of hydrogen-bond donors (Lipinski definition) is 2. The highest BCUT2D eigenvalue weighted by atomic mass is 16.3. The number of pyridine rings is 1. The van der Waals surface area contributed by atoms with Crippen molar-refractivity contribution < 1.29 is 9.90 Å². The van der Waals surface area contributed by atoms with Crippen molar-refractivity contribution in [1.29, 1.82) is 0 Å². The Balaban J connectivity index is 2.58. The number of aliphatic hydroxyl groups excluding tert-OH is 1. The van der Waals surface area contributed by atoms with Crippen molar-refractivity contribution in [3.05, 3.63) is 24.0 Å². The van der Waals surface area contributed by atoms with E-state index in [0.29, 0.717) is 18.5 Å². The van der Waals surface area contributed by atoms with Gasteiger partial charge >= 0.3 is 0 Å². The fraction of sp³-hybridized carbons (Fsp3) is 0.250. The molecule has 0 aliphatic heterocycles. The topological polar surface area (TPSA) is 62.2 Å². The van der Waals surface area contributed by atoms with Crippen LogP contribution >= 0.6 is 0 Å². The molecule has 0 bridgehead atoms. The van der Waals surface area contributed by atoms with Gasteiger partial charge in [0.15, 0.2) is 6.29 Å². The molecule has 0 amide bonds. The summed E-state index contributed by atoms with van der Waals surface area (Å²) in [5.74, 6) is 0. The molecule has 64 valence electrons. The number of aromatic nitrogens is 1.